The zero-order chi connectivity index (χ0) is 23.9. The highest BCUT2D eigenvalue weighted by atomic mass is 16.7. The molecule has 11 atom stereocenters. The highest BCUT2D eigenvalue weighted by Gasteiger charge is 2.82. The molecule has 3 bridgehead atoms. The molecular formula is C24H32O9. The molecule has 2 heterocycles. The number of aliphatic hydroxyl groups is 1. The molecule has 2 aliphatic heterocycles. The Labute approximate surface area is 192 Å². The van der Waals surface area contributed by atoms with Crippen molar-refractivity contribution in [3.8, 4) is 0 Å². The normalized spacial score (nSPS) is 45.9. The fraction of sp³-hybridized carbons (Fsp3) is 0.792. The minimum absolute atomic E-state index is 0.0582. The summed E-state index contributed by atoms with van der Waals surface area (Å²) in [6.07, 6.45) is -0.305. The van der Waals surface area contributed by atoms with Crippen LogP contribution in [0.25, 0.3) is 0 Å². The van der Waals surface area contributed by atoms with Gasteiger partial charge in [0.15, 0.2) is 6.10 Å². The van der Waals surface area contributed by atoms with E-state index in [2.05, 4.69) is 0 Å². The van der Waals surface area contributed by atoms with E-state index in [1.54, 1.807) is 6.26 Å². The van der Waals surface area contributed by atoms with Crippen LogP contribution in [0.1, 0.15) is 47.5 Å². The van der Waals surface area contributed by atoms with Crippen molar-refractivity contribution in [3.63, 3.8) is 0 Å². The maximum Gasteiger partial charge on any atom is 0.313 e. The monoisotopic (exact) mass is 464 g/mol. The molecule has 0 radical (unpaired) electrons. The molecule has 182 valence electrons. The Hall–Kier alpha value is -2.13. The number of aliphatic hydroxyl groups excluding tert-OH is 1. The summed E-state index contributed by atoms with van der Waals surface area (Å²) in [7, 11) is 0. The summed E-state index contributed by atoms with van der Waals surface area (Å²) in [6, 6.07) is 0. The average Bonchev–Trinajstić information content (AvgIpc) is 3.13. The minimum atomic E-state index is -0.959. The zero-order valence-electron chi connectivity index (χ0n) is 19.6. The lowest BCUT2D eigenvalue weighted by atomic mass is 9.61. The van der Waals surface area contributed by atoms with Crippen LogP contribution in [0.4, 0.5) is 0 Å². The van der Waals surface area contributed by atoms with Crippen LogP contribution in [-0.4, -0.2) is 60.3 Å². The van der Waals surface area contributed by atoms with E-state index < -0.39 is 41.4 Å². The van der Waals surface area contributed by atoms with Crippen LogP contribution in [0, 0.1) is 34.5 Å². The minimum Gasteiger partial charge on any atom is -0.472 e. The number of ether oxygens (including phenoxy) is 5. The summed E-state index contributed by atoms with van der Waals surface area (Å²) in [5.74, 6) is -1.95. The van der Waals surface area contributed by atoms with E-state index >= 15 is 0 Å². The molecule has 3 saturated carbocycles. The number of carbonyl (C=O) groups excluding carboxylic acids is 3. The fourth-order valence-corrected chi connectivity index (χ4v) is 7.49. The average molecular weight is 465 g/mol. The summed E-state index contributed by atoms with van der Waals surface area (Å²) in [5.41, 5.74) is -0.688. The number of esters is 3. The van der Waals surface area contributed by atoms with E-state index in [9.17, 15) is 19.5 Å². The zero-order valence-corrected chi connectivity index (χ0v) is 19.6. The summed E-state index contributed by atoms with van der Waals surface area (Å²) in [5, 5.41) is 11.2. The number of hydrogen-bond donors (Lipinski definition) is 1. The molecule has 0 aromatic heterocycles. The van der Waals surface area contributed by atoms with Crippen LogP contribution >= 0.6 is 0 Å². The molecular weight excluding hydrogens is 432 g/mol. The van der Waals surface area contributed by atoms with Crippen molar-refractivity contribution >= 4 is 17.9 Å². The molecule has 1 spiro atoms. The molecule has 3 aliphatic carbocycles. The second kappa shape index (κ2) is 7.43. The lowest BCUT2D eigenvalue weighted by Gasteiger charge is -2.51. The Bertz CT molecular complexity index is 914. The van der Waals surface area contributed by atoms with Gasteiger partial charge in [0, 0.05) is 48.5 Å². The summed E-state index contributed by atoms with van der Waals surface area (Å²) >= 11 is 0. The first-order chi connectivity index (χ1) is 15.5. The van der Waals surface area contributed by atoms with Crippen LogP contribution in [0.5, 0.6) is 0 Å². The van der Waals surface area contributed by atoms with Crippen molar-refractivity contribution in [2.75, 3.05) is 6.61 Å². The van der Waals surface area contributed by atoms with Gasteiger partial charge in [-0.3, -0.25) is 14.4 Å². The van der Waals surface area contributed by atoms with Crippen LogP contribution in [0.3, 0.4) is 0 Å². The molecule has 9 heteroatoms. The van der Waals surface area contributed by atoms with Crippen molar-refractivity contribution < 1.29 is 43.2 Å². The van der Waals surface area contributed by atoms with Crippen molar-refractivity contribution in [2.45, 2.75) is 78.2 Å². The van der Waals surface area contributed by atoms with Crippen molar-refractivity contribution in [1.82, 2.24) is 0 Å². The maximum absolute atomic E-state index is 13.2. The van der Waals surface area contributed by atoms with Gasteiger partial charge in [0.2, 0.25) is 6.29 Å². The molecule has 0 aromatic rings. The molecule has 9 nitrogen and oxygen atoms in total. The molecule has 4 fully saturated rings. The summed E-state index contributed by atoms with van der Waals surface area (Å²) in [4.78, 5) is 36.3. The van der Waals surface area contributed by atoms with Gasteiger partial charge in [-0.25, -0.2) is 0 Å². The lowest BCUT2D eigenvalue weighted by Crippen LogP contribution is -2.58. The predicted octanol–water partition coefficient (Wildman–Crippen LogP) is 1.71. The second-order valence-corrected chi connectivity index (χ2v) is 10.6. The molecule has 1 saturated heterocycles. The van der Waals surface area contributed by atoms with Crippen LogP contribution < -0.4 is 0 Å². The third kappa shape index (κ3) is 2.94. The van der Waals surface area contributed by atoms with Gasteiger partial charge < -0.3 is 28.8 Å². The summed E-state index contributed by atoms with van der Waals surface area (Å²) in [6.45, 7) is 8.64. The quantitative estimate of drug-likeness (QED) is 0.463. The molecule has 1 N–H and O–H groups in total. The van der Waals surface area contributed by atoms with Crippen molar-refractivity contribution in [2.24, 2.45) is 34.5 Å². The Morgan fingerprint density at radius 2 is 1.97 bits per heavy atom. The third-order valence-corrected chi connectivity index (χ3v) is 8.92. The molecule has 0 amide bonds. The summed E-state index contributed by atoms with van der Waals surface area (Å²) < 4.78 is 28.9. The highest BCUT2D eigenvalue weighted by molar-refractivity contribution is 5.82. The standard InChI is InChI=1S/C24H32O9/c1-10(11(2)31-12(3)25)8-29-21-14-6-17(27)20-23(5)15-7-24(14,20)16(9-30-21)19(33-22(23)28)18(15)32-13(4)26/h9-11,14-15,17-21,27H,6-8H2,1-5H3/t10-,11+,14?,15+,17-,18+,19-,20+,21-,23-,24+/m1/s1. The van der Waals surface area contributed by atoms with Gasteiger partial charge in [0.05, 0.1) is 24.4 Å². The molecule has 5 aliphatic rings. The number of hydrogen-bond acceptors (Lipinski definition) is 9. The second-order valence-electron chi connectivity index (χ2n) is 10.6. The first-order valence-electron chi connectivity index (χ1n) is 11.7. The van der Waals surface area contributed by atoms with E-state index in [0.717, 1.165) is 5.57 Å². The van der Waals surface area contributed by atoms with E-state index in [1.165, 1.54) is 13.8 Å². The smallest absolute Gasteiger partial charge is 0.313 e. The van der Waals surface area contributed by atoms with Gasteiger partial charge >= 0.3 is 17.9 Å². The number of fused-ring (bicyclic) bond motifs is 3. The first-order valence-corrected chi connectivity index (χ1v) is 11.7. The molecule has 33 heavy (non-hydrogen) atoms. The first kappa shape index (κ1) is 22.7. The molecule has 1 unspecified atom stereocenters. The van der Waals surface area contributed by atoms with Crippen LogP contribution in [-0.2, 0) is 38.1 Å². The van der Waals surface area contributed by atoms with E-state index in [0.29, 0.717) is 19.4 Å². The highest BCUT2D eigenvalue weighted by Crippen LogP contribution is 2.77. The van der Waals surface area contributed by atoms with Gasteiger partial charge in [-0.15, -0.1) is 0 Å². The van der Waals surface area contributed by atoms with Gasteiger partial charge in [-0.2, -0.15) is 0 Å². The SMILES string of the molecule is CC(=O)O[C@@H]1[C@@H]2OC(=O)[C@]3(C)[C@H]1C[C@@]14C2=CO[C@@H](OC[C@@H](C)[C@H](C)OC(C)=O)C1C[C@@H](O)[C@@H]34. The van der Waals surface area contributed by atoms with E-state index in [4.69, 9.17) is 23.7 Å². The Kier molecular flexibility index (Phi) is 5.10. The van der Waals surface area contributed by atoms with Crippen molar-refractivity contribution in [3.05, 3.63) is 11.8 Å². The Morgan fingerprint density at radius 1 is 1.24 bits per heavy atom. The van der Waals surface area contributed by atoms with Crippen LogP contribution in [0.15, 0.2) is 11.8 Å². The third-order valence-electron chi connectivity index (χ3n) is 8.92. The van der Waals surface area contributed by atoms with Gasteiger partial charge in [-0.05, 0) is 26.7 Å². The number of rotatable bonds is 6. The lowest BCUT2D eigenvalue weighted by molar-refractivity contribution is -0.212. The van der Waals surface area contributed by atoms with Gasteiger partial charge in [0.25, 0.3) is 0 Å². The van der Waals surface area contributed by atoms with Gasteiger partial charge in [0.1, 0.15) is 12.2 Å². The topological polar surface area (TPSA) is 118 Å². The molecule has 5 rings (SSSR count). The van der Waals surface area contributed by atoms with Crippen molar-refractivity contribution in [1.29, 1.82) is 0 Å². The van der Waals surface area contributed by atoms with Gasteiger partial charge in [-0.1, -0.05) is 6.92 Å². The maximum atomic E-state index is 13.2. The largest absolute Gasteiger partial charge is 0.472 e. The van der Waals surface area contributed by atoms with E-state index in [1.807, 2.05) is 20.8 Å². The van der Waals surface area contributed by atoms with E-state index in [-0.39, 0.29) is 41.7 Å². The number of carbonyl (C=O) groups is 3. The Balaban J connectivity index is 1.46. The Morgan fingerprint density at radius 3 is 2.64 bits per heavy atom. The molecule has 0 aromatic carbocycles. The van der Waals surface area contributed by atoms with Crippen LogP contribution in [0.2, 0.25) is 0 Å². The predicted molar refractivity (Wildman–Crippen MR) is 111 cm³/mol. The fourth-order valence-electron chi connectivity index (χ4n) is 7.49.